The topological polar surface area (TPSA) is 126 Å². The number of hydrogen-bond acceptors (Lipinski definition) is 8. The van der Waals surface area contributed by atoms with Gasteiger partial charge in [0, 0.05) is 43.8 Å². The first-order valence-electron chi connectivity index (χ1n) is 14.4. The zero-order valence-corrected chi connectivity index (χ0v) is 24.6. The van der Waals surface area contributed by atoms with Gasteiger partial charge in [-0.05, 0) is 81.3 Å². The number of nitrogens with zero attached hydrogens (tertiary/aromatic N) is 2. The minimum absolute atomic E-state index is 0.0419. The molecule has 4 aromatic rings. The van der Waals surface area contributed by atoms with Gasteiger partial charge in [-0.15, -0.1) is 0 Å². The Bertz CT molecular complexity index is 1730. The van der Waals surface area contributed by atoms with Crippen molar-refractivity contribution in [1.82, 2.24) is 15.1 Å². The standard InChI is InChI=1S/C31H34FN5O5S/c1-37-13-9-22(10-14-37)42-23-5-7-26(29(18-23)33-21-11-15-41-16-12-21)31(38)34-30-27-19-25(6-8-28(27)35-36-30)43(39,40)24-4-2-3-20(32)17-24/h2-8,17-19,21-22,33H,9-16H2,1H3,(H2,34,35,36,38). The molecule has 3 N–H and O–H groups in total. The number of amides is 1. The van der Waals surface area contributed by atoms with E-state index < -0.39 is 21.6 Å². The number of aromatic amines is 1. The summed E-state index contributed by atoms with van der Waals surface area (Å²) in [6.45, 7) is 3.23. The smallest absolute Gasteiger partial charge is 0.258 e. The maximum absolute atomic E-state index is 13.8. The van der Waals surface area contributed by atoms with E-state index in [1.807, 2.05) is 6.07 Å². The van der Waals surface area contributed by atoms with Crippen LogP contribution < -0.4 is 15.4 Å². The fraction of sp³-hybridized carbons (Fsp3) is 0.355. The Morgan fingerprint density at radius 3 is 2.56 bits per heavy atom. The molecular weight excluding hydrogens is 573 g/mol. The lowest BCUT2D eigenvalue weighted by molar-refractivity contribution is 0.0904. The van der Waals surface area contributed by atoms with E-state index in [-0.39, 0.29) is 27.8 Å². The minimum atomic E-state index is -4.00. The molecule has 10 nitrogen and oxygen atoms in total. The number of anilines is 2. The van der Waals surface area contributed by atoms with Crippen molar-refractivity contribution in [1.29, 1.82) is 0 Å². The Morgan fingerprint density at radius 1 is 1.02 bits per heavy atom. The molecule has 3 aromatic carbocycles. The highest BCUT2D eigenvalue weighted by Crippen LogP contribution is 2.31. The van der Waals surface area contributed by atoms with Crippen molar-refractivity contribution >= 4 is 38.2 Å². The van der Waals surface area contributed by atoms with E-state index in [4.69, 9.17) is 9.47 Å². The summed E-state index contributed by atoms with van der Waals surface area (Å²) in [4.78, 5) is 15.7. The minimum Gasteiger partial charge on any atom is -0.490 e. The van der Waals surface area contributed by atoms with Crippen LogP contribution in [0.25, 0.3) is 10.9 Å². The second-order valence-electron chi connectivity index (χ2n) is 11.1. The number of aromatic nitrogens is 2. The Balaban J connectivity index is 1.27. The average Bonchev–Trinajstić information content (AvgIpc) is 3.41. The summed E-state index contributed by atoms with van der Waals surface area (Å²) in [5.74, 6) is -0.184. The molecule has 226 valence electrons. The lowest BCUT2D eigenvalue weighted by Gasteiger charge is -2.30. The number of sulfone groups is 1. The largest absolute Gasteiger partial charge is 0.490 e. The van der Waals surface area contributed by atoms with Crippen LogP contribution in [0.4, 0.5) is 15.9 Å². The van der Waals surface area contributed by atoms with Crippen LogP contribution in [-0.4, -0.2) is 74.9 Å². The number of benzene rings is 3. The number of piperidine rings is 1. The molecule has 2 fully saturated rings. The Kier molecular flexibility index (Phi) is 8.33. The predicted octanol–water partition coefficient (Wildman–Crippen LogP) is 4.85. The molecule has 3 heterocycles. The third kappa shape index (κ3) is 6.51. The second-order valence-corrected chi connectivity index (χ2v) is 13.0. The quantitative estimate of drug-likeness (QED) is 0.260. The molecule has 2 saturated heterocycles. The Morgan fingerprint density at radius 2 is 1.79 bits per heavy atom. The summed E-state index contributed by atoms with van der Waals surface area (Å²) in [5, 5.41) is 13.8. The third-order valence-corrected chi connectivity index (χ3v) is 9.72. The summed E-state index contributed by atoms with van der Waals surface area (Å²) < 4.78 is 52.0. The van der Waals surface area contributed by atoms with Crippen LogP contribution in [0, 0.1) is 5.82 Å². The molecule has 0 atom stereocenters. The van der Waals surface area contributed by atoms with E-state index >= 15 is 0 Å². The molecule has 0 radical (unpaired) electrons. The number of ether oxygens (including phenoxy) is 2. The van der Waals surface area contributed by atoms with Gasteiger partial charge in [0.05, 0.1) is 26.6 Å². The number of H-pyrrole nitrogens is 1. The van der Waals surface area contributed by atoms with Crippen LogP contribution in [0.3, 0.4) is 0 Å². The zero-order valence-electron chi connectivity index (χ0n) is 23.8. The number of likely N-dealkylation sites (tertiary alicyclic amines) is 1. The lowest BCUT2D eigenvalue weighted by Crippen LogP contribution is -2.35. The molecule has 0 spiro atoms. The predicted molar refractivity (Wildman–Crippen MR) is 161 cm³/mol. The second kappa shape index (κ2) is 12.3. The van der Waals surface area contributed by atoms with Crippen LogP contribution in [-0.2, 0) is 14.6 Å². The van der Waals surface area contributed by atoms with Gasteiger partial charge in [-0.1, -0.05) is 6.07 Å². The molecule has 12 heteroatoms. The van der Waals surface area contributed by atoms with E-state index in [0.29, 0.717) is 41.1 Å². The number of fused-ring (bicyclic) bond motifs is 1. The summed E-state index contributed by atoms with van der Waals surface area (Å²) in [6, 6.07) is 14.8. The monoisotopic (exact) mass is 607 g/mol. The van der Waals surface area contributed by atoms with Gasteiger partial charge in [0.2, 0.25) is 9.84 Å². The van der Waals surface area contributed by atoms with Crippen molar-refractivity contribution in [3.8, 4) is 5.75 Å². The highest BCUT2D eigenvalue weighted by molar-refractivity contribution is 7.91. The number of hydrogen-bond donors (Lipinski definition) is 3. The van der Waals surface area contributed by atoms with Crippen LogP contribution in [0.5, 0.6) is 5.75 Å². The average molecular weight is 608 g/mol. The maximum Gasteiger partial charge on any atom is 0.258 e. The Labute approximate surface area is 249 Å². The summed E-state index contributed by atoms with van der Waals surface area (Å²) in [5.41, 5.74) is 1.59. The first kappa shape index (κ1) is 29.1. The number of halogens is 1. The van der Waals surface area contributed by atoms with Crippen molar-refractivity contribution in [2.75, 3.05) is 44.0 Å². The van der Waals surface area contributed by atoms with Gasteiger partial charge in [-0.25, -0.2) is 12.8 Å². The zero-order chi connectivity index (χ0) is 30.0. The van der Waals surface area contributed by atoms with E-state index in [2.05, 4.69) is 32.8 Å². The molecular formula is C31H34FN5O5S. The SMILES string of the molecule is CN1CCC(Oc2ccc(C(=O)Nc3n[nH]c4ccc(S(=O)(=O)c5cccc(F)c5)cc34)c(NC3CCOCC3)c2)CC1. The van der Waals surface area contributed by atoms with Crippen molar-refractivity contribution < 1.29 is 27.1 Å². The Hall–Kier alpha value is -4.00. The number of rotatable bonds is 8. The van der Waals surface area contributed by atoms with Gasteiger partial charge in [-0.3, -0.25) is 9.89 Å². The van der Waals surface area contributed by atoms with Crippen LogP contribution in [0.15, 0.2) is 70.5 Å². The molecule has 0 aliphatic carbocycles. The molecule has 1 amide bonds. The van der Waals surface area contributed by atoms with Crippen molar-refractivity contribution in [3.63, 3.8) is 0 Å². The van der Waals surface area contributed by atoms with Crippen molar-refractivity contribution in [2.24, 2.45) is 0 Å². The number of carbonyl (C=O) groups excluding carboxylic acids is 1. The van der Waals surface area contributed by atoms with Gasteiger partial charge >= 0.3 is 0 Å². The van der Waals surface area contributed by atoms with Crippen LogP contribution in [0.1, 0.15) is 36.0 Å². The van der Waals surface area contributed by atoms with Gasteiger partial charge < -0.3 is 25.0 Å². The summed E-state index contributed by atoms with van der Waals surface area (Å²) in [6.07, 6.45) is 3.61. The van der Waals surface area contributed by atoms with E-state index in [1.54, 1.807) is 18.2 Å². The fourth-order valence-electron chi connectivity index (χ4n) is 5.47. The maximum atomic E-state index is 13.8. The number of carbonyl (C=O) groups is 1. The molecule has 0 unspecified atom stereocenters. The van der Waals surface area contributed by atoms with Crippen molar-refractivity contribution in [2.45, 2.75) is 47.6 Å². The third-order valence-electron chi connectivity index (χ3n) is 7.97. The lowest BCUT2D eigenvalue weighted by atomic mass is 10.1. The van der Waals surface area contributed by atoms with E-state index in [9.17, 15) is 17.6 Å². The molecule has 0 bridgehead atoms. The summed E-state index contributed by atoms with van der Waals surface area (Å²) in [7, 11) is -1.90. The highest BCUT2D eigenvalue weighted by atomic mass is 32.2. The first-order chi connectivity index (χ1) is 20.8. The van der Waals surface area contributed by atoms with Gasteiger partial charge in [0.15, 0.2) is 5.82 Å². The highest BCUT2D eigenvalue weighted by Gasteiger charge is 2.24. The molecule has 2 aliphatic rings. The molecule has 1 aromatic heterocycles. The summed E-state index contributed by atoms with van der Waals surface area (Å²) >= 11 is 0. The molecule has 43 heavy (non-hydrogen) atoms. The van der Waals surface area contributed by atoms with Crippen molar-refractivity contribution in [3.05, 3.63) is 72.0 Å². The van der Waals surface area contributed by atoms with Gasteiger partial charge in [0.1, 0.15) is 17.7 Å². The number of nitrogens with one attached hydrogen (secondary N) is 3. The fourth-order valence-corrected chi connectivity index (χ4v) is 6.79. The van der Waals surface area contributed by atoms with Crippen LogP contribution >= 0.6 is 0 Å². The van der Waals surface area contributed by atoms with Crippen LogP contribution in [0.2, 0.25) is 0 Å². The van der Waals surface area contributed by atoms with Gasteiger partial charge in [-0.2, -0.15) is 5.10 Å². The van der Waals surface area contributed by atoms with Gasteiger partial charge in [0.25, 0.3) is 5.91 Å². The van der Waals surface area contributed by atoms with E-state index in [0.717, 1.165) is 44.8 Å². The van der Waals surface area contributed by atoms with E-state index in [1.165, 1.54) is 30.3 Å². The molecule has 2 aliphatic heterocycles. The first-order valence-corrected chi connectivity index (χ1v) is 15.9. The molecule has 6 rings (SSSR count). The normalized spacial score (nSPS) is 17.2. The molecule has 0 saturated carbocycles.